The first-order valence-electron chi connectivity index (χ1n) is 9.63. The van der Waals surface area contributed by atoms with Crippen LogP contribution in [-0.2, 0) is 13.5 Å². The molecule has 1 aromatic carbocycles. The van der Waals surface area contributed by atoms with E-state index in [4.69, 9.17) is 0 Å². The normalized spacial score (nSPS) is 15.1. The topological polar surface area (TPSA) is 58.4 Å². The number of hydrogen-bond donors (Lipinski definition) is 0. The zero-order valence-corrected chi connectivity index (χ0v) is 16.0. The van der Waals surface area contributed by atoms with Gasteiger partial charge in [0.05, 0.1) is 11.1 Å². The number of aryl methyl sites for hydroxylation is 1. The Balaban J connectivity index is 1.44. The third-order valence-corrected chi connectivity index (χ3v) is 5.51. The largest absolute Gasteiger partial charge is 0.336 e. The van der Waals surface area contributed by atoms with Gasteiger partial charge in [-0.3, -0.25) is 19.5 Å². The lowest BCUT2D eigenvalue weighted by Crippen LogP contribution is -2.49. The molecular formula is C22H24N4O2. The molecule has 144 valence electrons. The minimum atomic E-state index is -0.155. The van der Waals surface area contributed by atoms with E-state index in [-0.39, 0.29) is 11.5 Å². The number of para-hydroxylation sites is 1. The van der Waals surface area contributed by atoms with Crippen LogP contribution in [0.15, 0.2) is 59.7 Å². The highest BCUT2D eigenvalue weighted by atomic mass is 16.2. The number of piperazine rings is 1. The van der Waals surface area contributed by atoms with Crippen LogP contribution >= 0.6 is 0 Å². The zero-order chi connectivity index (χ0) is 19.5. The Morgan fingerprint density at radius 2 is 1.75 bits per heavy atom. The van der Waals surface area contributed by atoms with Crippen molar-refractivity contribution < 1.29 is 4.79 Å². The van der Waals surface area contributed by atoms with E-state index >= 15 is 0 Å². The monoisotopic (exact) mass is 376 g/mol. The summed E-state index contributed by atoms with van der Waals surface area (Å²) in [6, 6.07) is 13.1. The van der Waals surface area contributed by atoms with E-state index in [0.717, 1.165) is 37.0 Å². The first kappa shape index (κ1) is 18.4. The van der Waals surface area contributed by atoms with E-state index in [1.54, 1.807) is 11.6 Å². The van der Waals surface area contributed by atoms with Crippen molar-refractivity contribution >= 4 is 16.8 Å². The fraction of sp³-hybridized carbons (Fsp3) is 0.318. The van der Waals surface area contributed by atoms with Crippen LogP contribution in [0, 0.1) is 0 Å². The Hall–Kier alpha value is -2.99. The third kappa shape index (κ3) is 3.68. The van der Waals surface area contributed by atoms with Gasteiger partial charge in [-0.25, -0.2) is 0 Å². The highest BCUT2D eigenvalue weighted by Gasteiger charge is 2.24. The average Bonchev–Trinajstić information content (AvgIpc) is 2.75. The SMILES string of the molecule is Cn1c(=O)cc(C(=O)N2CCN(CCc3ccncc3)CC2)c2ccccc21. The second kappa shape index (κ2) is 7.94. The van der Waals surface area contributed by atoms with Gasteiger partial charge in [0.25, 0.3) is 11.5 Å². The van der Waals surface area contributed by atoms with Gasteiger partial charge in [-0.05, 0) is 30.2 Å². The Kier molecular flexibility index (Phi) is 5.21. The number of fused-ring (bicyclic) bond motifs is 1. The molecule has 0 atom stereocenters. The molecule has 1 aliphatic rings. The maximum atomic E-state index is 13.1. The third-order valence-electron chi connectivity index (χ3n) is 5.51. The van der Waals surface area contributed by atoms with Gasteiger partial charge < -0.3 is 9.47 Å². The predicted molar refractivity (Wildman–Crippen MR) is 109 cm³/mol. The molecule has 1 fully saturated rings. The number of pyridine rings is 2. The Morgan fingerprint density at radius 1 is 1.04 bits per heavy atom. The summed E-state index contributed by atoms with van der Waals surface area (Å²) >= 11 is 0. The summed E-state index contributed by atoms with van der Waals surface area (Å²) in [6.45, 7) is 4.03. The molecule has 6 heteroatoms. The Labute approximate surface area is 164 Å². The number of benzene rings is 1. The van der Waals surface area contributed by atoms with E-state index < -0.39 is 0 Å². The van der Waals surface area contributed by atoms with E-state index in [1.807, 2.05) is 53.7 Å². The van der Waals surface area contributed by atoms with E-state index in [0.29, 0.717) is 18.7 Å². The van der Waals surface area contributed by atoms with Crippen LogP contribution < -0.4 is 5.56 Å². The van der Waals surface area contributed by atoms with Crippen molar-refractivity contribution in [2.45, 2.75) is 6.42 Å². The zero-order valence-electron chi connectivity index (χ0n) is 16.0. The molecule has 4 rings (SSSR count). The van der Waals surface area contributed by atoms with Crippen LogP contribution in [0.3, 0.4) is 0 Å². The molecule has 1 amide bonds. The van der Waals surface area contributed by atoms with Gasteiger partial charge in [-0.15, -0.1) is 0 Å². The second-order valence-electron chi connectivity index (χ2n) is 7.21. The van der Waals surface area contributed by atoms with Gasteiger partial charge in [0, 0.05) is 63.6 Å². The Bertz CT molecular complexity index is 1040. The molecule has 0 unspecified atom stereocenters. The molecule has 0 spiro atoms. The highest BCUT2D eigenvalue weighted by Crippen LogP contribution is 2.19. The van der Waals surface area contributed by atoms with Gasteiger partial charge in [-0.2, -0.15) is 0 Å². The molecule has 0 N–H and O–H groups in total. The van der Waals surface area contributed by atoms with Crippen LogP contribution in [0.5, 0.6) is 0 Å². The highest BCUT2D eigenvalue weighted by molar-refractivity contribution is 6.06. The summed E-state index contributed by atoms with van der Waals surface area (Å²) in [5, 5.41) is 0.828. The van der Waals surface area contributed by atoms with E-state index in [9.17, 15) is 9.59 Å². The average molecular weight is 376 g/mol. The molecule has 0 bridgehead atoms. The number of carbonyl (C=O) groups is 1. The summed E-state index contributed by atoms with van der Waals surface area (Å²) in [6.07, 6.45) is 4.62. The number of aromatic nitrogens is 2. The smallest absolute Gasteiger partial charge is 0.254 e. The van der Waals surface area contributed by atoms with Crippen LogP contribution in [0.2, 0.25) is 0 Å². The molecule has 6 nitrogen and oxygen atoms in total. The van der Waals surface area contributed by atoms with Gasteiger partial charge in [-0.1, -0.05) is 18.2 Å². The summed E-state index contributed by atoms with van der Waals surface area (Å²) in [4.78, 5) is 33.7. The van der Waals surface area contributed by atoms with Crippen molar-refractivity contribution in [3.8, 4) is 0 Å². The number of amides is 1. The van der Waals surface area contributed by atoms with Crippen LogP contribution in [0.25, 0.3) is 10.9 Å². The van der Waals surface area contributed by atoms with Crippen molar-refractivity contribution in [3.63, 3.8) is 0 Å². The maximum Gasteiger partial charge on any atom is 0.254 e. The van der Waals surface area contributed by atoms with Crippen molar-refractivity contribution in [1.29, 1.82) is 0 Å². The fourth-order valence-corrected chi connectivity index (χ4v) is 3.77. The molecule has 28 heavy (non-hydrogen) atoms. The number of carbonyl (C=O) groups excluding carboxylic acids is 1. The molecule has 0 aliphatic carbocycles. The van der Waals surface area contributed by atoms with Gasteiger partial charge in [0.1, 0.15) is 0 Å². The lowest BCUT2D eigenvalue weighted by Gasteiger charge is -2.35. The molecule has 2 aromatic heterocycles. The van der Waals surface area contributed by atoms with Gasteiger partial charge >= 0.3 is 0 Å². The van der Waals surface area contributed by atoms with Gasteiger partial charge in [0.15, 0.2) is 0 Å². The second-order valence-corrected chi connectivity index (χ2v) is 7.21. The lowest BCUT2D eigenvalue weighted by molar-refractivity contribution is 0.0640. The molecule has 3 heterocycles. The van der Waals surface area contributed by atoms with E-state index in [1.165, 1.54) is 11.6 Å². The lowest BCUT2D eigenvalue weighted by atomic mass is 10.1. The van der Waals surface area contributed by atoms with Crippen molar-refractivity contribution in [3.05, 3.63) is 76.3 Å². The van der Waals surface area contributed by atoms with Crippen LogP contribution in [-0.4, -0.2) is 58.0 Å². The van der Waals surface area contributed by atoms with Crippen molar-refractivity contribution in [2.75, 3.05) is 32.7 Å². The Morgan fingerprint density at radius 3 is 2.50 bits per heavy atom. The first-order valence-corrected chi connectivity index (χ1v) is 9.63. The molecule has 1 saturated heterocycles. The number of hydrogen-bond acceptors (Lipinski definition) is 4. The quantitative estimate of drug-likeness (QED) is 0.698. The summed E-state index contributed by atoms with van der Waals surface area (Å²) in [5.41, 5.74) is 2.41. The number of nitrogens with zero attached hydrogens (tertiary/aromatic N) is 4. The molecule has 1 aliphatic heterocycles. The van der Waals surface area contributed by atoms with Crippen LogP contribution in [0.4, 0.5) is 0 Å². The van der Waals surface area contributed by atoms with Crippen molar-refractivity contribution in [1.82, 2.24) is 19.4 Å². The summed E-state index contributed by atoms with van der Waals surface area (Å²) < 4.78 is 1.59. The first-order chi connectivity index (χ1) is 13.6. The van der Waals surface area contributed by atoms with Gasteiger partial charge in [0.2, 0.25) is 0 Å². The van der Waals surface area contributed by atoms with Crippen LogP contribution in [0.1, 0.15) is 15.9 Å². The predicted octanol–water partition coefficient (Wildman–Crippen LogP) is 1.93. The molecular weight excluding hydrogens is 352 g/mol. The summed E-state index contributed by atoms with van der Waals surface area (Å²) in [7, 11) is 1.74. The molecule has 0 saturated carbocycles. The van der Waals surface area contributed by atoms with E-state index in [2.05, 4.69) is 9.88 Å². The number of rotatable bonds is 4. The fourth-order valence-electron chi connectivity index (χ4n) is 3.77. The minimum Gasteiger partial charge on any atom is -0.336 e. The minimum absolute atomic E-state index is 0.0531. The standard InChI is InChI=1S/C22H24N4O2/c1-24-20-5-3-2-4-18(20)19(16-21(24)27)22(28)26-14-12-25(13-15-26)11-8-17-6-9-23-10-7-17/h2-7,9-10,16H,8,11-15H2,1H3. The maximum absolute atomic E-state index is 13.1. The molecule has 3 aromatic rings. The summed E-state index contributed by atoms with van der Waals surface area (Å²) in [5.74, 6) is -0.0531. The van der Waals surface area contributed by atoms with Crippen molar-refractivity contribution in [2.24, 2.45) is 7.05 Å². The molecule has 0 radical (unpaired) electrons.